The van der Waals surface area contributed by atoms with Gasteiger partial charge in [-0.15, -0.1) is 15.0 Å². The van der Waals surface area contributed by atoms with E-state index in [0.29, 0.717) is 21.7 Å². The molecular weight excluding hydrogens is 350 g/mol. The van der Waals surface area contributed by atoms with Crippen LogP contribution in [0.15, 0.2) is 30.3 Å². The third-order valence-electron chi connectivity index (χ3n) is 4.35. The van der Waals surface area contributed by atoms with Gasteiger partial charge in [0.25, 0.3) is 0 Å². The molecule has 0 bridgehead atoms. The van der Waals surface area contributed by atoms with Crippen LogP contribution in [-0.2, 0) is 5.41 Å². The van der Waals surface area contributed by atoms with E-state index in [9.17, 15) is 10.2 Å². The Balaban J connectivity index is 2.13. The van der Waals surface area contributed by atoms with Crippen molar-refractivity contribution in [1.82, 2.24) is 15.0 Å². The van der Waals surface area contributed by atoms with Gasteiger partial charge in [0, 0.05) is 16.7 Å². The summed E-state index contributed by atoms with van der Waals surface area (Å²) < 4.78 is 0. The van der Waals surface area contributed by atoms with E-state index in [-0.39, 0.29) is 22.3 Å². The normalized spacial score (nSPS) is 12.7. The third kappa shape index (κ3) is 3.63. The van der Waals surface area contributed by atoms with Gasteiger partial charge in [-0.25, -0.2) is 0 Å². The zero-order valence-corrected chi connectivity index (χ0v) is 16.5. The molecule has 0 amide bonds. The fourth-order valence-corrected chi connectivity index (χ4v) is 3.85. The fraction of sp³-hybridized carbons (Fsp3) is 0.400. The standard InChI is InChI=1S/C20H24ClN3O2/c1-19(2,3)11-20(4,5)13-9-16(18(26)10-17(13)25)24-22-14-7-6-12(21)8-15(14)23-24/h6-10,25-26H,11H2,1-5H3. The number of hydrogen-bond acceptors (Lipinski definition) is 4. The molecule has 0 fully saturated rings. The second-order valence-corrected chi connectivity index (χ2v) is 9.04. The van der Waals surface area contributed by atoms with E-state index in [0.717, 1.165) is 12.0 Å². The van der Waals surface area contributed by atoms with Gasteiger partial charge in [0.1, 0.15) is 28.2 Å². The van der Waals surface area contributed by atoms with Gasteiger partial charge in [-0.05, 0) is 41.5 Å². The summed E-state index contributed by atoms with van der Waals surface area (Å²) in [5.74, 6) is -0.00975. The van der Waals surface area contributed by atoms with E-state index in [1.165, 1.54) is 10.9 Å². The van der Waals surface area contributed by atoms with Crippen molar-refractivity contribution < 1.29 is 10.2 Å². The topological polar surface area (TPSA) is 71.2 Å². The Morgan fingerprint density at radius 2 is 1.58 bits per heavy atom. The second-order valence-electron chi connectivity index (χ2n) is 8.60. The minimum atomic E-state index is -0.291. The molecule has 6 heteroatoms. The van der Waals surface area contributed by atoms with Crippen molar-refractivity contribution in [1.29, 1.82) is 0 Å². The highest BCUT2D eigenvalue weighted by atomic mass is 35.5. The number of benzene rings is 2. The molecule has 138 valence electrons. The molecule has 0 saturated heterocycles. The van der Waals surface area contributed by atoms with Gasteiger partial charge in [0.2, 0.25) is 0 Å². The molecule has 26 heavy (non-hydrogen) atoms. The van der Waals surface area contributed by atoms with Gasteiger partial charge in [-0.1, -0.05) is 46.2 Å². The lowest BCUT2D eigenvalue weighted by molar-refractivity contribution is 0.278. The van der Waals surface area contributed by atoms with E-state index in [2.05, 4.69) is 44.8 Å². The third-order valence-corrected chi connectivity index (χ3v) is 4.59. The number of phenolic OH excluding ortho intramolecular Hbond substituents is 2. The van der Waals surface area contributed by atoms with Crippen LogP contribution >= 0.6 is 11.6 Å². The first-order chi connectivity index (χ1) is 12.0. The average Bonchev–Trinajstić information content (AvgIpc) is 2.86. The molecule has 2 N–H and O–H groups in total. The lowest BCUT2D eigenvalue weighted by Crippen LogP contribution is -2.25. The number of phenols is 2. The van der Waals surface area contributed by atoms with Gasteiger partial charge in [-0.3, -0.25) is 0 Å². The van der Waals surface area contributed by atoms with Gasteiger partial charge in [-0.2, -0.15) is 0 Å². The lowest BCUT2D eigenvalue weighted by Gasteiger charge is -2.33. The SMILES string of the molecule is CC(C)(C)CC(C)(C)c1cc(-n2nc3ccc(Cl)cc3n2)c(O)cc1O. The van der Waals surface area contributed by atoms with Crippen molar-refractivity contribution in [2.24, 2.45) is 5.41 Å². The van der Waals surface area contributed by atoms with E-state index in [4.69, 9.17) is 11.6 Å². The molecule has 1 heterocycles. The van der Waals surface area contributed by atoms with Crippen molar-refractivity contribution in [3.63, 3.8) is 0 Å². The lowest BCUT2D eigenvalue weighted by atomic mass is 9.72. The first-order valence-electron chi connectivity index (χ1n) is 8.56. The first kappa shape index (κ1) is 18.5. The van der Waals surface area contributed by atoms with Gasteiger partial charge in [0.15, 0.2) is 0 Å². The van der Waals surface area contributed by atoms with Crippen molar-refractivity contribution in [3.8, 4) is 17.2 Å². The van der Waals surface area contributed by atoms with Gasteiger partial charge < -0.3 is 10.2 Å². The van der Waals surface area contributed by atoms with Crippen LogP contribution in [0.1, 0.15) is 46.6 Å². The van der Waals surface area contributed by atoms with Crippen LogP contribution < -0.4 is 0 Å². The van der Waals surface area contributed by atoms with Crippen LogP contribution in [0.25, 0.3) is 16.7 Å². The van der Waals surface area contributed by atoms with Crippen LogP contribution in [0, 0.1) is 5.41 Å². The van der Waals surface area contributed by atoms with Gasteiger partial charge >= 0.3 is 0 Å². The summed E-state index contributed by atoms with van der Waals surface area (Å²) in [6, 6.07) is 8.37. The van der Waals surface area contributed by atoms with E-state index in [1.54, 1.807) is 24.3 Å². The average molecular weight is 374 g/mol. The zero-order chi connectivity index (χ0) is 19.3. The highest BCUT2D eigenvalue weighted by Crippen LogP contribution is 2.42. The van der Waals surface area contributed by atoms with Crippen molar-refractivity contribution in [2.75, 3.05) is 0 Å². The summed E-state index contributed by atoms with van der Waals surface area (Å²) >= 11 is 6.01. The van der Waals surface area contributed by atoms with E-state index in [1.807, 2.05) is 0 Å². The maximum absolute atomic E-state index is 10.4. The summed E-state index contributed by atoms with van der Waals surface area (Å²) in [5.41, 5.74) is 2.29. The molecule has 1 aromatic heterocycles. The first-order valence-corrected chi connectivity index (χ1v) is 8.93. The molecule has 0 spiro atoms. The van der Waals surface area contributed by atoms with Crippen molar-refractivity contribution >= 4 is 22.6 Å². The van der Waals surface area contributed by atoms with E-state index < -0.39 is 0 Å². The van der Waals surface area contributed by atoms with E-state index >= 15 is 0 Å². The predicted molar refractivity (Wildman–Crippen MR) is 104 cm³/mol. The number of fused-ring (bicyclic) bond motifs is 1. The maximum Gasteiger partial charge on any atom is 0.146 e. The Bertz CT molecular complexity index is 971. The second kappa shape index (κ2) is 6.16. The molecule has 0 atom stereocenters. The molecular formula is C20H24ClN3O2. The Kier molecular flexibility index (Phi) is 4.39. The predicted octanol–water partition coefficient (Wildman–Crippen LogP) is 5.20. The van der Waals surface area contributed by atoms with Crippen LogP contribution in [0.3, 0.4) is 0 Å². The maximum atomic E-state index is 10.4. The van der Waals surface area contributed by atoms with Crippen LogP contribution in [0.2, 0.25) is 5.02 Å². The fourth-order valence-electron chi connectivity index (χ4n) is 3.68. The number of nitrogens with zero attached hydrogens (tertiary/aromatic N) is 3. The number of hydrogen-bond donors (Lipinski definition) is 2. The quantitative estimate of drug-likeness (QED) is 0.662. The molecule has 3 rings (SSSR count). The van der Waals surface area contributed by atoms with Crippen molar-refractivity contribution in [2.45, 2.75) is 46.5 Å². The Morgan fingerprint density at radius 3 is 2.23 bits per heavy atom. The monoisotopic (exact) mass is 373 g/mol. The summed E-state index contributed by atoms with van der Waals surface area (Å²) in [6.45, 7) is 10.7. The number of aromatic nitrogens is 3. The molecule has 3 aromatic rings. The largest absolute Gasteiger partial charge is 0.508 e. The molecule has 0 unspecified atom stereocenters. The molecule has 2 aromatic carbocycles. The van der Waals surface area contributed by atoms with Crippen LogP contribution in [-0.4, -0.2) is 25.2 Å². The molecule has 0 aliphatic heterocycles. The Labute approximate surface area is 158 Å². The highest BCUT2D eigenvalue weighted by Gasteiger charge is 2.31. The minimum Gasteiger partial charge on any atom is -0.508 e. The molecule has 0 aliphatic carbocycles. The number of rotatable bonds is 3. The van der Waals surface area contributed by atoms with Crippen molar-refractivity contribution in [3.05, 3.63) is 40.9 Å². The smallest absolute Gasteiger partial charge is 0.146 e. The summed E-state index contributed by atoms with van der Waals surface area (Å²) in [4.78, 5) is 1.38. The van der Waals surface area contributed by atoms with Gasteiger partial charge in [0.05, 0.1) is 0 Å². The highest BCUT2D eigenvalue weighted by molar-refractivity contribution is 6.31. The Morgan fingerprint density at radius 1 is 0.923 bits per heavy atom. The number of aromatic hydroxyl groups is 2. The zero-order valence-electron chi connectivity index (χ0n) is 15.7. The molecule has 5 nitrogen and oxygen atoms in total. The summed E-state index contributed by atoms with van der Waals surface area (Å²) in [6.07, 6.45) is 0.863. The summed E-state index contributed by atoms with van der Waals surface area (Å²) in [5, 5.41) is 30.2. The molecule has 0 radical (unpaired) electrons. The number of halogens is 1. The Hall–Kier alpha value is -2.27. The molecule has 0 aliphatic rings. The van der Waals surface area contributed by atoms with Crippen LogP contribution in [0.4, 0.5) is 0 Å². The molecule has 0 saturated carbocycles. The van der Waals surface area contributed by atoms with Crippen LogP contribution in [0.5, 0.6) is 11.5 Å². The minimum absolute atomic E-state index is 0.0697. The summed E-state index contributed by atoms with van der Waals surface area (Å²) in [7, 11) is 0.